The molecule has 0 bridgehead atoms. The zero-order valence-electron chi connectivity index (χ0n) is 12.6. The van der Waals surface area contributed by atoms with Gasteiger partial charge >= 0.3 is 0 Å². The molecule has 1 unspecified atom stereocenters. The highest BCUT2D eigenvalue weighted by Crippen LogP contribution is 2.23. The predicted molar refractivity (Wildman–Crippen MR) is 84.5 cm³/mol. The summed E-state index contributed by atoms with van der Waals surface area (Å²) in [6.07, 6.45) is 6.99. The van der Waals surface area contributed by atoms with E-state index in [1.54, 1.807) is 12.7 Å². The van der Waals surface area contributed by atoms with E-state index >= 15 is 0 Å². The molecule has 2 aromatic rings. The molecule has 1 fully saturated rings. The number of rotatable bonds is 5. The molecular weight excluding hydrogens is 300 g/mol. The second-order valence-corrected chi connectivity index (χ2v) is 6.42. The first-order valence-corrected chi connectivity index (χ1v) is 8.37. The zero-order valence-corrected chi connectivity index (χ0v) is 13.4. The zero-order chi connectivity index (χ0) is 15.4. The number of nitrogens with zero attached hydrogens (tertiary/aromatic N) is 5. The number of hydrogen-bond donors (Lipinski definition) is 1. The Morgan fingerprint density at radius 1 is 1.50 bits per heavy atom. The summed E-state index contributed by atoms with van der Waals surface area (Å²) >= 11 is 1.48. The van der Waals surface area contributed by atoms with E-state index in [-0.39, 0.29) is 5.91 Å². The molecule has 1 saturated heterocycles. The van der Waals surface area contributed by atoms with Gasteiger partial charge in [0.2, 0.25) is 5.91 Å². The van der Waals surface area contributed by atoms with Crippen LogP contribution in [0.4, 0.5) is 5.13 Å². The monoisotopic (exact) mass is 320 g/mol. The van der Waals surface area contributed by atoms with E-state index in [1.165, 1.54) is 37.5 Å². The van der Waals surface area contributed by atoms with Gasteiger partial charge in [-0.15, -0.1) is 11.3 Å². The van der Waals surface area contributed by atoms with Crippen LogP contribution in [0.5, 0.6) is 0 Å². The standard InChI is InChI=1S/C14H20N6OS/c1-11(21)17-14-18-12(8-22-14)6-19-5-3-2-4-13(19)7-20-10-15-9-16-20/h8-10,13H,2-7H2,1H3,(H,17,18,21). The Kier molecular flexibility index (Phi) is 4.79. The Bertz CT molecular complexity index is 611. The van der Waals surface area contributed by atoms with Gasteiger partial charge in [-0.25, -0.2) is 9.97 Å². The van der Waals surface area contributed by atoms with Gasteiger partial charge in [0.15, 0.2) is 5.13 Å². The SMILES string of the molecule is CC(=O)Nc1nc(CN2CCCCC2Cn2cncn2)cs1. The number of likely N-dealkylation sites (tertiary alicyclic amines) is 1. The molecule has 1 aliphatic rings. The molecule has 1 amide bonds. The molecule has 22 heavy (non-hydrogen) atoms. The van der Waals surface area contributed by atoms with Crippen molar-refractivity contribution in [1.82, 2.24) is 24.6 Å². The van der Waals surface area contributed by atoms with Crippen LogP contribution in [0.3, 0.4) is 0 Å². The third-order valence-electron chi connectivity index (χ3n) is 3.81. The van der Waals surface area contributed by atoms with Crippen LogP contribution < -0.4 is 5.32 Å². The highest BCUT2D eigenvalue weighted by atomic mass is 32.1. The highest BCUT2D eigenvalue weighted by Gasteiger charge is 2.23. The van der Waals surface area contributed by atoms with Crippen LogP contribution in [0.25, 0.3) is 0 Å². The average molecular weight is 320 g/mol. The normalized spacial score (nSPS) is 19.2. The van der Waals surface area contributed by atoms with E-state index in [4.69, 9.17) is 0 Å². The van der Waals surface area contributed by atoms with Gasteiger partial charge in [0.05, 0.1) is 12.2 Å². The van der Waals surface area contributed by atoms with E-state index in [0.717, 1.165) is 25.3 Å². The van der Waals surface area contributed by atoms with Crippen LogP contribution in [0.1, 0.15) is 31.9 Å². The number of hydrogen-bond acceptors (Lipinski definition) is 6. The predicted octanol–water partition coefficient (Wildman–Crippen LogP) is 1.75. The number of thiazole rings is 1. The average Bonchev–Trinajstić information content (AvgIpc) is 3.13. The molecule has 7 nitrogen and oxygen atoms in total. The Labute approximate surface area is 133 Å². The lowest BCUT2D eigenvalue weighted by Gasteiger charge is -2.35. The summed E-state index contributed by atoms with van der Waals surface area (Å²) in [7, 11) is 0. The van der Waals surface area contributed by atoms with Crippen molar-refractivity contribution >= 4 is 22.4 Å². The molecule has 1 aliphatic heterocycles. The summed E-state index contributed by atoms with van der Waals surface area (Å²) < 4.78 is 1.90. The second-order valence-electron chi connectivity index (χ2n) is 5.56. The summed E-state index contributed by atoms with van der Waals surface area (Å²) in [6, 6.07) is 0.460. The lowest BCUT2D eigenvalue weighted by Crippen LogP contribution is -2.41. The molecule has 0 saturated carbocycles. The summed E-state index contributed by atoms with van der Waals surface area (Å²) in [5, 5.41) is 9.64. The lowest BCUT2D eigenvalue weighted by atomic mass is 10.0. The Hall–Kier alpha value is -1.80. The molecule has 3 rings (SSSR count). The minimum atomic E-state index is -0.0806. The second kappa shape index (κ2) is 6.97. The number of nitrogens with one attached hydrogen (secondary N) is 1. The number of amides is 1. The maximum absolute atomic E-state index is 11.1. The third-order valence-corrected chi connectivity index (χ3v) is 4.62. The van der Waals surface area contributed by atoms with E-state index in [1.807, 2.05) is 10.1 Å². The molecule has 0 spiro atoms. The van der Waals surface area contributed by atoms with Crippen LogP contribution in [-0.2, 0) is 17.9 Å². The summed E-state index contributed by atoms with van der Waals surface area (Å²) in [4.78, 5) is 22.0. The number of piperidine rings is 1. The van der Waals surface area contributed by atoms with Crippen molar-refractivity contribution in [2.45, 2.75) is 45.3 Å². The fourth-order valence-electron chi connectivity index (χ4n) is 2.81. The Morgan fingerprint density at radius 3 is 3.18 bits per heavy atom. The van der Waals surface area contributed by atoms with Crippen molar-refractivity contribution in [1.29, 1.82) is 0 Å². The lowest BCUT2D eigenvalue weighted by molar-refractivity contribution is -0.114. The molecule has 8 heteroatoms. The molecule has 1 atom stereocenters. The van der Waals surface area contributed by atoms with Crippen molar-refractivity contribution in [3.63, 3.8) is 0 Å². The quantitative estimate of drug-likeness (QED) is 0.908. The number of carbonyl (C=O) groups excluding carboxylic acids is 1. The summed E-state index contributed by atoms with van der Waals surface area (Å²) in [5.74, 6) is -0.0806. The molecule has 3 heterocycles. The van der Waals surface area contributed by atoms with E-state index in [0.29, 0.717) is 11.2 Å². The summed E-state index contributed by atoms with van der Waals surface area (Å²) in [6.45, 7) is 4.25. The van der Waals surface area contributed by atoms with Crippen molar-refractivity contribution < 1.29 is 4.79 Å². The minimum Gasteiger partial charge on any atom is -0.302 e. The van der Waals surface area contributed by atoms with Gasteiger partial charge in [-0.05, 0) is 19.4 Å². The first-order valence-electron chi connectivity index (χ1n) is 7.49. The first kappa shape index (κ1) is 15.1. The van der Waals surface area contributed by atoms with Crippen molar-refractivity contribution in [2.75, 3.05) is 11.9 Å². The van der Waals surface area contributed by atoms with Crippen molar-refractivity contribution in [3.8, 4) is 0 Å². The maximum Gasteiger partial charge on any atom is 0.223 e. The summed E-state index contributed by atoms with van der Waals surface area (Å²) in [5.41, 5.74) is 1.01. The van der Waals surface area contributed by atoms with Gasteiger partial charge < -0.3 is 5.32 Å². The topological polar surface area (TPSA) is 75.9 Å². The number of carbonyl (C=O) groups is 1. The van der Waals surface area contributed by atoms with Crippen LogP contribution >= 0.6 is 11.3 Å². The smallest absolute Gasteiger partial charge is 0.223 e. The van der Waals surface area contributed by atoms with E-state index in [2.05, 4.69) is 25.3 Å². The van der Waals surface area contributed by atoms with Crippen LogP contribution in [-0.4, -0.2) is 43.1 Å². The molecule has 118 valence electrons. The molecule has 0 aromatic carbocycles. The minimum absolute atomic E-state index is 0.0806. The maximum atomic E-state index is 11.1. The van der Waals surface area contributed by atoms with Gasteiger partial charge in [0.25, 0.3) is 0 Å². The van der Waals surface area contributed by atoms with Gasteiger partial charge in [-0.3, -0.25) is 14.4 Å². The Balaban J connectivity index is 1.63. The van der Waals surface area contributed by atoms with Gasteiger partial charge in [0.1, 0.15) is 12.7 Å². The van der Waals surface area contributed by atoms with E-state index < -0.39 is 0 Å². The Morgan fingerprint density at radius 2 is 2.41 bits per heavy atom. The fraction of sp³-hybridized carbons (Fsp3) is 0.571. The van der Waals surface area contributed by atoms with Crippen LogP contribution in [0, 0.1) is 0 Å². The van der Waals surface area contributed by atoms with Gasteiger partial charge in [-0.2, -0.15) is 5.10 Å². The molecule has 0 aliphatic carbocycles. The van der Waals surface area contributed by atoms with Crippen molar-refractivity contribution in [2.24, 2.45) is 0 Å². The van der Waals surface area contributed by atoms with Gasteiger partial charge in [0, 0.05) is 24.9 Å². The number of aromatic nitrogens is 4. The molecule has 0 radical (unpaired) electrons. The number of anilines is 1. The van der Waals surface area contributed by atoms with E-state index in [9.17, 15) is 4.79 Å². The van der Waals surface area contributed by atoms with Crippen LogP contribution in [0.2, 0.25) is 0 Å². The third kappa shape index (κ3) is 3.89. The fourth-order valence-corrected chi connectivity index (χ4v) is 3.56. The highest BCUT2D eigenvalue weighted by molar-refractivity contribution is 7.13. The molecular formula is C14H20N6OS. The largest absolute Gasteiger partial charge is 0.302 e. The van der Waals surface area contributed by atoms with Crippen molar-refractivity contribution in [3.05, 3.63) is 23.7 Å². The first-order chi connectivity index (χ1) is 10.7. The molecule has 2 aromatic heterocycles. The van der Waals surface area contributed by atoms with Gasteiger partial charge in [-0.1, -0.05) is 6.42 Å². The van der Waals surface area contributed by atoms with Crippen LogP contribution in [0.15, 0.2) is 18.0 Å². The molecule has 1 N–H and O–H groups in total.